The van der Waals surface area contributed by atoms with Gasteiger partial charge in [0.1, 0.15) is 19.6 Å². The molecule has 1 fully saturated rings. The van der Waals surface area contributed by atoms with Crippen LogP contribution in [0.3, 0.4) is 0 Å². The van der Waals surface area contributed by atoms with Gasteiger partial charge >= 0.3 is 5.97 Å². The summed E-state index contributed by atoms with van der Waals surface area (Å²) in [7, 11) is 0. The summed E-state index contributed by atoms with van der Waals surface area (Å²) in [4.78, 5) is 25.7. The molecule has 1 amide bonds. The van der Waals surface area contributed by atoms with Crippen LogP contribution in [0.1, 0.15) is 21.5 Å². The van der Waals surface area contributed by atoms with Gasteiger partial charge in [-0.3, -0.25) is 4.79 Å². The number of morpholine rings is 1. The molecule has 0 atom stereocenters. The zero-order valence-electron chi connectivity index (χ0n) is 15.8. The van der Waals surface area contributed by atoms with E-state index in [0.29, 0.717) is 16.3 Å². The third-order valence-electron chi connectivity index (χ3n) is 4.72. The standard InChI is InChI=1S/C21H23ClN2O4/c1-15-18(22)3-2-4-19(15)23-20(25)14-28-21(26)17-7-5-16(6-8-17)13-24-9-11-27-12-10-24/h2-8H,9-14H2,1H3,(H,23,25)/p+1. The maximum absolute atomic E-state index is 12.2. The van der Waals surface area contributed by atoms with E-state index in [9.17, 15) is 9.59 Å². The van der Waals surface area contributed by atoms with Crippen molar-refractivity contribution in [2.24, 2.45) is 0 Å². The number of quaternary nitrogens is 1. The summed E-state index contributed by atoms with van der Waals surface area (Å²) < 4.78 is 10.5. The van der Waals surface area contributed by atoms with Crippen LogP contribution in [-0.4, -0.2) is 44.8 Å². The summed E-state index contributed by atoms with van der Waals surface area (Å²) in [6.07, 6.45) is 0. The second-order valence-electron chi connectivity index (χ2n) is 6.77. The van der Waals surface area contributed by atoms with E-state index in [1.54, 1.807) is 30.3 Å². The molecule has 0 aliphatic carbocycles. The van der Waals surface area contributed by atoms with Gasteiger partial charge in [-0.15, -0.1) is 0 Å². The van der Waals surface area contributed by atoms with Gasteiger partial charge in [0.2, 0.25) is 0 Å². The predicted molar refractivity (Wildman–Crippen MR) is 107 cm³/mol. The van der Waals surface area contributed by atoms with E-state index in [2.05, 4.69) is 5.32 Å². The van der Waals surface area contributed by atoms with E-state index < -0.39 is 11.9 Å². The third kappa shape index (κ3) is 5.55. The Morgan fingerprint density at radius 1 is 1.14 bits per heavy atom. The van der Waals surface area contributed by atoms with Gasteiger partial charge < -0.3 is 19.7 Å². The van der Waals surface area contributed by atoms with Crippen molar-refractivity contribution in [3.05, 3.63) is 64.2 Å². The van der Waals surface area contributed by atoms with Crippen LogP contribution < -0.4 is 10.2 Å². The van der Waals surface area contributed by atoms with Crippen LogP contribution in [0.25, 0.3) is 0 Å². The molecule has 1 aliphatic rings. The van der Waals surface area contributed by atoms with Crippen LogP contribution in [0, 0.1) is 6.92 Å². The Morgan fingerprint density at radius 2 is 1.86 bits per heavy atom. The highest BCUT2D eigenvalue weighted by molar-refractivity contribution is 6.31. The smallest absolute Gasteiger partial charge is 0.338 e. The van der Waals surface area contributed by atoms with Crippen LogP contribution in [0.2, 0.25) is 5.02 Å². The Morgan fingerprint density at radius 3 is 2.57 bits per heavy atom. The molecule has 2 aromatic carbocycles. The van der Waals surface area contributed by atoms with Crippen molar-refractivity contribution in [2.75, 3.05) is 38.2 Å². The largest absolute Gasteiger partial charge is 0.452 e. The predicted octanol–water partition coefficient (Wildman–Crippen LogP) is 1.86. The number of benzene rings is 2. The Kier molecular flexibility index (Phi) is 7.03. The molecule has 2 aromatic rings. The number of hydrogen-bond acceptors (Lipinski definition) is 4. The van der Waals surface area contributed by atoms with Crippen molar-refractivity contribution in [2.45, 2.75) is 13.5 Å². The molecule has 2 N–H and O–H groups in total. The molecule has 148 valence electrons. The highest BCUT2D eigenvalue weighted by Gasteiger charge is 2.15. The highest BCUT2D eigenvalue weighted by atomic mass is 35.5. The molecule has 0 aromatic heterocycles. The van der Waals surface area contributed by atoms with Gasteiger partial charge in [0.15, 0.2) is 6.61 Å². The monoisotopic (exact) mass is 403 g/mol. The molecule has 28 heavy (non-hydrogen) atoms. The van der Waals surface area contributed by atoms with Gasteiger partial charge in [-0.25, -0.2) is 4.79 Å². The fraction of sp³-hybridized carbons (Fsp3) is 0.333. The quantitative estimate of drug-likeness (QED) is 0.722. The zero-order chi connectivity index (χ0) is 19.9. The summed E-state index contributed by atoms with van der Waals surface area (Å²) in [5.41, 5.74) is 2.94. The molecular weight excluding hydrogens is 380 g/mol. The fourth-order valence-electron chi connectivity index (χ4n) is 3.03. The van der Waals surface area contributed by atoms with E-state index in [-0.39, 0.29) is 6.61 Å². The highest BCUT2D eigenvalue weighted by Crippen LogP contribution is 2.22. The molecule has 1 saturated heterocycles. The van der Waals surface area contributed by atoms with E-state index in [1.807, 2.05) is 19.1 Å². The number of rotatable bonds is 6. The maximum Gasteiger partial charge on any atom is 0.338 e. The summed E-state index contributed by atoms with van der Waals surface area (Å²) in [5.74, 6) is -0.936. The van der Waals surface area contributed by atoms with E-state index in [1.165, 1.54) is 4.90 Å². The number of ether oxygens (including phenoxy) is 2. The average molecular weight is 404 g/mol. The maximum atomic E-state index is 12.2. The molecule has 1 heterocycles. The molecule has 0 radical (unpaired) electrons. The first kappa shape index (κ1) is 20.3. The van der Waals surface area contributed by atoms with Crippen LogP contribution in [0.4, 0.5) is 5.69 Å². The number of anilines is 1. The van der Waals surface area contributed by atoms with Gasteiger partial charge in [0, 0.05) is 16.3 Å². The molecule has 3 rings (SSSR count). The summed E-state index contributed by atoms with van der Waals surface area (Å²) >= 11 is 6.03. The molecule has 7 heteroatoms. The minimum atomic E-state index is -0.525. The number of esters is 1. The summed E-state index contributed by atoms with van der Waals surface area (Å²) in [5, 5.41) is 3.26. The van der Waals surface area contributed by atoms with Crippen molar-refractivity contribution in [1.82, 2.24) is 0 Å². The lowest BCUT2D eigenvalue weighted by Gasteiger charge is -2.23. The van der Waals surface area contributed by atoms with Crippen LogP contribution in [-0.2, 0) is 20.8 Å². The second-order valence-corrected chi connectivity index (χ2v) is 7.18. The van der Waals surface area contributed by atoms with Gasteiger partial charge in [0.05, 0.1) is 18.8 Å². The van der Waals surface area contributed by atoms with Crippen LogP contribution >= 0.6 is 11.6 Å². The van der Waals surface area contributed by atoms with E-state index in [4.69, 9.17) is 21.1 Å². The SMILES string of the molecule is Cc1c(Cl)cccc1NC(=O)COC(=O)c1ccc(C[NH+]2CCOCC2)cc1. The molecule has 0 unspecified atom stereocenters. The Bertz CT molecular complexity index is 833. The molecule has 0 bridgehead atoms. The van der Waals surface area contributed by atoms with Crippen LogP contribution in [0.15, 0.2) is 42.5 Å². The van der Waals surface area contributed by atoms with Gasteiger partial charge in [-0.2, -0.15) is 0 Å². The molecule has 6 nitrogen and oxygen atoms in total. The molecule has 1 aliphatic heterocycles. The van der Waals surface area contributed by atoms with Gasteiger partial charge in [0.25, 0.3) is 5.91 Å². The first-order chi connectivity index (χ1) is 13.5. The number of halogens is 1. The van der Waals surface area contributed by atoms with Gasteiger partial charge in [-0.1, -0.05) is 29.8 Å². The lowest BCUT2D eigenvalue weighted by atomic mass is 10.1. The second kappa shape index (κ2) is 9.68. The fourth-order valence-corrected chi connectivity index (χ4v) is 3.20. The summed E-state index contributed by atoms with van der Waals surface area (Å²) in [6, 6.07) is 12.6. The van der Waals surface area contributed by atoms with E-state index >= 15 is 0 Å². The lowest BCUT2D eigenvalue weighted by molar-refractivity contribution is -0.921. The molecule has 0 spiro atoms. The lowest BCUT2D eigenvalue weighted by Crippen LogP contribution is -3.12. The van der Waals surface area contributed by atoms with Crippen molar-refractivity contribution in [3.8, 4) is 0 Å². The van der Waals surface area contributed by atoms with Crippen molar-refractivity contribution < 1.29 is 24.0 Å². The van der Waals surface area contributed by atoms with Crippen molar-refractivity contribution in [3.63, 3.8) is 0 Å². The normalized spacial score (nSPS) is 14.5. The first-order valence-corrected chi connectivity index (χ1v) is 9.63. The number of carbonyl (C=O) groups excluding carboxylic acids is 2. The number of carbonyl (C=O) groups is 2. The average Bonchev–Trinajstić information content (AvgIpc) is 2.71. The minimum absolute atomic E-state index is 0.357. The topological polar surface area (TPSA) is 69.1 Å². The third-order valence-corrected chi connectivity index (χ3v) is 5.13. The number of hydrogen-bond donors (Lipinski definition) is 2. The zero-order valence-corrected chi connectivity index (χ0v) is 16.6. The van der Waals surface area contributed by atoms with Gasteiger partial charge in [-0.05, 0) is 36.8 Å². The van der Waals surface area contributed by atoms with E-state index in [0.717, 1.165) is 44.0 Å². The number of nitrogens with one attached hydrogen (secondary N) is 2. The number of amides is 1. The van der Waals surface area contributed by atoms with Crippen molar-refractivity contribution >= 4 is 29.2 Å². The Hall–Kier alpha value is -2.41. The summed E-state index contributed by atoms with van der Waals surface area (Å²) in [6.45, 7) is 5.91. The molecule has 0 saturated carbocycles. The van der Waals surface area contributed by atoms with Crippen molar-refractivity contribution in [1.29, 1.82) is 0 Å². The first-order valence-electron chi connectivity index (χ1n) is 9.25. The minimum Gasteiger partial charge on any atom is -0.452 e. The Balaban J connectivity index is 1.48. The van der Waals surface area contributed by atoms with Crippen LogP contribution in [0.5, 0.6) is 0 Å². The Labute approximate surface area is 169 Å². The molecular formula is C21H24ClN2O4+.